The van der Waals surface area contributed by atoms with Crippen LogP contribution in [0.1, 0.15) is 52.9 Å². The van der Waals surface area contributed by atoms with Gasteiger partial charge in [0.15, 0.2) is 5.78 Å². The first-order valence-corrected chi connectivity index (χ1v) is 7.01. The Morgan fingerprint density at radius 3 is 2.35 bits per heavy atom. The van der Waals surface area contributed by atoms with Gasteiger partial charge in [-0.25, -0.2) is 0 Å². The summed E-state index contributed by atoms with van der Waals surface area (Å²) in [5.74, 6) is 0.746. The molecule has 5 atom stereocenters. The first kappa shape index (κ1) is 12.0. The summed E-state index contributed by atoms with van der Waals surface area (Å²) in [5.41, 5.74) is 6.33. The van der Waals surface area contributed by atoms with Crippen molar-refractivity contribution in [1.82, 2.24) is 0 Å². The fourth-order valence-electron chi connectivity index (χ4n) is 6.02. The second-order valence-electron chi connectivity index (χ2n) is 7.57. The van der Waals surface area contributed by atoms with Crippen LogP contribution in [0.5, 0.6) is 0 Å². The highest BCUT2D eigenvalue weighted by molar-refractivity contribution is 6.37. The molecule has 2 nitrogen and oxygen atoms in total. The van der Waals surface area contributed by atoms with Gasteiger partial charge in [0, 0.05) is 5.54 Å². The molecule has 0 aromatic carbocycles. The second kappa shape index (κ2) is 2.91. The third kappa shape index (κ3) is 1.19. The number of Topliss-reactive ketones (excluding diaryl/α,β-unsaturated/α-hetero) is 1. The van der Waals surface area contributed by atoms with E-state index in [9.17, 15) is 4.79 Å². The molecular formula is C14H22ClNO. The zero-order chi connectivity index (χ0) is 12.7. The molecule has 4 aliphatic rings. The summed E-state index contributed by atoms with van der Waals surface area (Å²) in [5, 5.41) is 0. The van der Waals surface area contributed by atoms with Crippen LogP contribution in [0.2, 0.25) is 0 Å². The highest BCUT2D eigenvalue weighted by Crippen LogP contribution is 2.71. The van der Waals surface area contributed by atoms with Gasteiger partial charge < -0.3 is 5.73 Å². The number of ketones is 1. The molecule has 0 aliphatic heterocycles. The molecule has 0 spiro atoms. The fraction of sp³-hybridized carbons (Fsp3) is 0.929. The minimum Gasteiger partial charge on any atom is -0.323 e. The Labute approximate surface area is 108 Å². The van der Waals surface area contributed by atoms with E-state index < -0.39 is 10.4 Å². The van der Waals surface area contributed by atoms with Crippen molar-refractivity contribution >= 4 is 17.4 Å². The normalized spacial score (nSPS) is 60.6. The van der Waals surface area contributed by atoms with Crippen molar-refractivity contribution in [3.05, 3.63) is 0 Å². The summed E-state index contributed by atoms with van der Waals surface area (Å²) in [6.07, 6.45) is 5.24. The van der Waals surface area contributed by atoms with Crippen LogP contribution in [-0.2, 0) is 4.79 Å². The van der Waals surface area contributed by atoms with Crippen LogP contribution in [-0.4, -0.2) is 16.2 Å². The molecule has 0 heterocycles. The highest BCUT2D eigenvalue weighted by atomic mass is 35.5. The van der Waals surface area contributed by atoms with Crippen LogP contribution in [0.25, 0.3) is 0 Å². The lowest BCUT2D eigenvalue weighted by molar-refractivity contribution is -0.158. The van der Waals surface area contributed by atoms with Gasteiger partial charge in [-0.2, -0.15) is 0 Å². The zero-order valence-corrected chi connectivity index (χ0v) is 11.7. The molecule has 4 fully saturated rings. The van der Waals surface area contributed by atoms with Crippen LogP contribution in [0, 0.1) is 16.7 Å². The standard InChI is InChI=1S/C14H22ClNO/c1-9(17)14(15)12(3)5-10-4-11(2,7-12)8-13(14,16)6-10/h10H,4-8,16H2,1-3H3. The minimum absolute atomic E-state index is 0.0755. The van der Waals surface area contributed by atoms with Crippen molar-refractivity contribution < 1.29 is 4.79 Å². The van der Waals surface area contributed by atoms with Crippen LogP contribution < -0.4 is 5.73 Å². The Balaban J connectivity index is 2.18. The van der Waals surface area contributed by atoms with E-state index in [-0.39, 0.29) is 11.2 Å². The van der Waals surface area contributed by atoms with Crippen LogP contribution in [0.15, 0.2) is 0 Å². The zero-order valence-electron chi connectivity index (χ0n) is 11.0. The molecule has 0 saturated heterocycles. The molecule has 5 unspecified atom stereocenters. The Morgan fingerprint density at radius 1 is 1.24 bits per heavy atom. The Bertz CT molecular complexity index is 385. The van der Waals surface area contributed by atoms with E-state index in [1.165, 1.54) is 6.42 Å². The summed E-state index contributed by atoms with van der Waals surface area (Å²) < 4.78 is 0. The number of halogens is 1. The van der Waals surface area contributed by atoms with Crippen molar-refractivity contribution in [1.29, 1.82) is 0 Å². The number of nitrogens with two attached hydrogens (primary N) is 1. The van der Waals surface area contributed by atoms with Crippen molar-refractivity contribution in [2.24, 2.45) is 22.5 Å². The van der Waals surface area contributed by atoms with Crippen molar-refractivity contribution in [3.8, 4) is 0 Å². The number of hydrogen-bond acceptors (Lipinski definition) is 2. The molecular weight excluding hydrogens is 234 g/mol. The molecule has 4 bridgehead atoms. The Kier molecular flexibility index (Phi) is 2.05. The van der Waals surface area contributed by atoms with Gasteiger partial charge in [0.05, 0.1) is 0 Å². The average molecular weight is 256 g/mol. The quantitative estimate of drug-likeness (QED) is 0.733. The third-order valence-electron chi connectivity index (χ3n) is 5.74. The lowest BCUT2D eigenvalue weighted by atomic mass is 9.38. The molecule has 2 N–H and O–H groups in total. The highest BCUT2D eigenvalue weighted by Gasteiger charge is 2.73. The van der Waals surface area contributed by atoms with Crippen molar-refractivity contribution in [2.75, 3.05) is 0 Å². The van der Waals surface area contributed by atoms with Crippen LogP contribution >= 0.6 is 11.6 Å². The van der Waals surface area contributed by atoms with Crippen LogP contribution in [0.4, 0.5) is 0 Å². The van der Waals surface area contributed by atoms with E-state index in [0.717, 1.165) is 25.7 Å². The van der Waals surface area contributed by atoms with Gasteiger partial charge in [0.1, 0.15) is 4.87 Å². The van der Waals surface area contributed by atoms with Gasteiger partial charge in [0.2, 0.25) is 0 Å². The van der Waals surface area contributed by atoms with Crippen LogP contribution in [0.3, 0.4) is 0 Å². The van der Waals surface area contributed by atoms with Gasteiger partial charge in [-0.1, -0.05) is 13.8 Å². The maximum absolute atomic E-state index is 12.2. The maximum atomic E-state index is 12.2. The van der Waals surface area contributed by atoms with Crippen molar-refractivity contribution in [2.45, 2.75) is 63.3 Å². The number of hydrogen-bond donors (Lipinski definition) is 1. The third-order valence-corrected chi connectivity index (χ3v) is 6.83. The van der Waals surface area contributed by atoms with E-state index in [1.807, 2.05) is 0 Å². The van der Waals surface area contributed by atoms with Gasteiger partial charge in [0.25, 0.3) is 0 Å². The van der Waals surface area contributed by atoms with Crippen molar-refractivity contribution in [3.63, 3.8) is 0 Å². The summed E-state index contributed by atoms with van der Waals surface area (Å²) in [6.45, 7) is 6.14. The van der Waals surface area contributed by atoms with Gasteiger partial charge in [-0.3, -0.25) is 4.79 Å². The largest absolute Gasteiger partial charge is 0.323 e. The number of alkyl halides is 1. The lowest BCUT2D eigenvalue weighted by Crippen LogP contribution is -2.78. The van der Waals surface area contributed by atoms with E-state index in [0.29, 0.717) is 11.3 Å². The molecule has 0 aromatic heterocycles. The first-order valence-electron chi connectivity index (χ1n) is 6.63. The fourth-order valence-corrected chi connectivity index (χ4v) is 6.31. The SMILES string of the molecule is CC(=O)C1(Cl)C2(C)CC3CC(C)(C2)CC1(N)C3. The molecule has 17 heavy (non-hydrogen) atoms. The van der Waals surface area contributed by atoms with Gasteiger partial charge >= 0.3 is 0 Å². The minimum atomic E-state index is -0.837. The molecule has 96 valence electrons. The molecule has 0 aromatic rings. The summed E-state index contributed by atoms with van der Waals surface area (Å²) in [4.78, 5) is 11.3. The molecule has 4 saturated carbocycles. The topological polar surface area (TPSA) is 43.1 Å². The first-order chi connectivity index (χ1) is 7.64. The number of carbonyl (C=O) groups is 1. The second-order valence-corrected chi connectivity index (χ2v) is 8.14. The Hall–Kier alpha value is -0.0800. The van der Waals surface area contributed by atoms with E-state index in [2.05, 4.69) is 13.8 Å². The predicted octanol–water partition coefficient (Wildman–Crippen LogP) is 2.87. The number of carbonyl (C=O) groups excluding carboxylic acids is 1. The molecule has 4 rings (SSSR count). The summed E-state index contributed by atoms with van der Waals surface area (Å²) >= 11 is 6.83. The molecule has 3 heteroatoms. The molecule has 4 aliphatic carbocycles. The van der Waals surface area contributed by atoms with Gasteiger partial charge in [-0.05, 0) is 55.8 Å². The lowest BCUT2D eigenvalue weighted by Gasteiger charge is -2.70. The molecule has 0 radical (unpaired) electrons. The van der Waals surface area contributed by atoms with E-state index in [1.54, 1.807) is 6.92 Å². The monoisotopic (exact) mass is 255 g/mol. The van der Waals surface area contributed by atoms with E-state index >= 15 is 0 Å². The van der Waals surface area contributed by atoms with E-state index in [4.69, 9.17) is 17.3 Å². The smallest absolute Gasteiger partial charge is 0.153 e. The maximum Gasteiger partial charge on any atom is 0.153 e. The van der Waals surface area contributed by atoms with Gasteiger partial charge in [-0.15, -0.1) is 11.6 Å². The Morgan fingerprint density at radius 2 is 1.88 bits per heavy atom. The predicted molar refractivity (Wildman–Crippen MR) is 69.0 cm³/mol. The number of rotatable bonds is 1. The summed E-state index contributed by atoms with van der Waals surface area (Å²) in [7, 11) is 0. The summed E-state index contributed by atoms with van der Waals surface area (Å²) in [6, 6.07) is 0. The molecule has 0 amide bonds. The average Bonchev–Trinajstić information content (AvgIpc) is 2.09.